The van der Waals surface area contributed by atoms with Gasteiger partial charge in [0.2, 0.25) is 17.7 Å². The van der Waals surface area contributed by atoms with Crippen LogP contribution in [0.15, 0.2) is 31.3 Å². The number of aromatic nitrogens is 4. The lowest BCUT2D eigenvalue weighted by Gasteiger charge is -2.49. The number of aliphatic carboxylic acids is 2. The molecule has 814 valence electrons. The highest BCUT2D eigenvalue weighted by Gasteiger charge is 2.57. The number of carboxylic acids is 2. The van der Waals surface area contributed by atoms with Crippen LogP contribution in [-0.4, -0.2) is 424 Å². The zero-order chi connectivity index (χ0) is 104. The van der Waals surface area contributed by atoms with E-state index < -0.39 is 322 Å². The zero-order valence-electron chi connectivity index (χ0n) is 80.5. The molecule has 8 aliphatic rings. The van der Waals surface area contributed by atoms with E-state index in [2.05, 4.69) is 36.6 Å². The van der Waals surface area contributed by atoms with Gasteiger partial charge < -0.3 is 185 Å². The molecule has 30 atom stereocenters. The summed E-state index contributed by atoms with van der Waals surface area (Å²) in [7, 11) is 0. The molecule has 6 heterocycles. The summed E-state index contributed by atoms with van der Waals surface area (Å²) < 4.78 is 96.4. The zero-order valence-corrected chi connectivity index (χ0v) is 80.5. The molecule has 0 aromatic carbocycles. The lowest BCUT2D eigenvalue weighted by atomic mass is 9.78. The van der Waals surface area contributed by atoms with Crippen molar-refractivity contribution in [1.29, 1.82) is 0 Å². The smallest absolute Gasteiger partial charge is 0.332 e. The van der Waals surface area contributed by atoms with Crippen LogP contribution >= 0.6 is 0 Å². The van der Waals surface area contributed by atoms with Gasteiger partial charge in [-0.1, -0.05) is 64.2 Å². The van der Waals surface area contributed by atoms with Gasteiger partial charge in [0.15, 0.2) is 43.2 Å². The lowest BCUT2D eigenvalue weighted by molar-refractivity contribution is -0.335. The van der Waals surface area contributed by atoms with Gasteiger partial charge in [-0.05, 0) is 77.0 Å². The lowest BCUT2D eigenvalue weighted by Crippen LogP contribution is -2.68. The minimum Gasteiger partial charge on any atom is -0.479 e. The number of nitrogens with two attached hydrogens (primary N) is 2. The molecule has 25 N–H and O–H groups in total. The molecule has 12 unspecified atom stereocenters. The number of hydrogen-bond donors (Lipinski definition) is 23. The Bertz CT molecular complexity index is 4300. The number of carbonyl (C=O) groups excluding carboxylic acids is 8. The van der Waals surface area contributed by atoms with Crippen LogP contribution in [0.25, 0.3) is 0 Å². The average molecular weight is 2060 g/mol. The van der Waals surface area contributed by atoms with Crippen molar-refractivity contribution in [1.82, 2.24) is 46.5 Å². The fourth-order valence-corrected chi connectivity index (χ4v) is 19.1. The molecule has 5 amide bonds. The number of H-pyrrole nitrogens is 4. The number of hydrogen-bond acceptors (Lipinski definition) is 42. The maximum Gasteiger partial charge on any atom is 0.332 e. The van der Waals surface area contributed by atoms with E-state index in [1.807, 2.05) is 9.97 Å². The molecule has 53 heteroatoms. The molecule has 53 nitrogen and oxygen atoms in total. The van der Waals surface area contributed by atoms with E-state index >= 15 is 0 Å². The van der Waals surface area contributed by atoms with E-state index in [1.54, 1.807) is 0 Å². The Kier molecular flexibility index (Phi) is 48.2. The van der Waals surface area contributed by atoms with Gasteiger partial charge in [0.05, 0.1) is 109 Å². The summed E-state index contributed by atoms with van der Waals surface area (Å²) >= 11 is 0. The SMILES string of the molecule is CC1O[C@@H](O[C@@H]2C(NC(=O)c3cc(=O)[nH]c(=O)[nH]3)CC(C(=O)CCCOCCN)C[C@H]2O[C@@H]2O[C@@H](CO)[C@H](O)C(O[C@@H](CC3CCCCC3)C(=O)O)C2NC(=O)CCC(=O)COCCOCCOCCOCC(=O)NCC(=O)NC2C(O[C@@H](CC3CCCCC3)C(=O)O)[C@@H](O)[C@H](CO)O[C@H]2O[C@@H]2CC(C(=O)CCCOCCN)CC(NC(=O)c3cc(=O)[nH]c(=O)[nH]3)[C@H]2O[C@@H]2OC(C)[C@@H](O)[C@H](O)C2O)C(O)[C@@H](O)[C@@H]1O. The number of aromatic amines is 4. The molecule has 0 spiro atoms. The maximum absolute atomic E-state index is 14.4. The van der Waals surface area contributed by atoms with Gasteiger partial charge in [0.25, 0.3) is 22.9 Å². The van der Waals surface area contributed by atoms with Gasteiger partial charge in [0.1, 0.15) is 134 Å². The normalized spacial score (nSPS) is 31.7. The second-order valence-corrected chi connectivity index (χ2v) is 37.5. The highest BCUT2D eigenvalue weighted by molar-refractivity contribution is 5.93. The molecule has 2 aromatic rings. The number of ketones is 3. The molecule has 0 radical (unpaired) electrons. The fraction of sp³-hybridized carbons (Fsp3) is 0.802. The van der Waals surface area contributed by atoms with Gasteiger partial charge in [-0.3, -0.25) is 57.9 Å². The minimum absolute atomic E-state index is 0.0179. The molecular weight excluding hydrogens is 1920 g/mol. The Morgan fingerprint density at radius 3 is 1.21 bits per heavy atom. The fourth-order valence-electron chi connectivity index (χ4n) is 19.1. The van der Waals surface area contributed by atoms with Crippen LogP contribution in [-0.2, 0) is 114 Å². The number of Topliss-reactive ketones (excluding diaryl/α,β-unsaturated/α-hetero) is 3. The third-order valence-corrected chi connectivity index (χ3v) is 26.7. The third-order valence-electron chi connectivity index (χ3n) is 26.7. The molecule has 4 saturated heterocycles. The Balaban J connectivity index is 0.748. The van der Waals surface area contributed by atoms with Gasteiger partial charge in [-0.2, -0.15) is 0 Å². The molecule has 4 aliphatic carbocycles. The molecule has 8 fully saturated rings. The van der Waals surface area contributed by atoms with Crippen molar-refractivity contribution in [2.75, 3.05) is 112 Å². The van der Waals surface area contributed by atoms with E-state index in [9.17, 15) is 128 Å². The second-order valence-electron chi connectivity index (χ2n) is 37.5. The minimum atomic E-state index is -2.01. The predicted octanol–water partition coefficient (Wildman–Crippen LogP) is -7.72. The predicted molar refractivity (Wildman–Crippen MR) is 489 cm³/mol. The number of aliphatic hydroxyl groups excluding tert-OH is 10. The Labute approximate surface area is 826 Å². The number of nitrogens with one attached hydrogen (secondary N) is 9. The van der Waals surface area contributed by atoms with Crippen molar-refractivity contribution in [2.24, 2.45) is 35.1 Å². The van der Waals surface area contributed by atoms with E-state index in [0.717, 1.165) is 50.7 Å². The Hall–Kier alpha value is -8.46. The molecule has 144 heavy (non-hydrogen) atoms. The van der Waals surface area contributed by atoms with Gasteiger partial charge in [0, 0.05) is 76.0 Å². The van der Waals surface area contributed by atoms with Crippen LogP contribution in [0.3, 0.4) is 0 Å². The van der Waals surface area contributed by atoms with Crippen molar-refractivity contribution in [2.45, 2.75) is 327 Å². The molecule has 4 saturated carbocycles. The van der Waals surface area contributed by atoms with Crippen molar-refractivity contribution in [3.63, 3.8) is 0 Å². The summed E-state index contributed by atoms with van der Waals surface area (Å²) in [5.41, 5.74) is 6.01. The highest BCUT2D eigenvalue weighted by atomic mass is 16.8. The standard InChI is InChI=1S/C91H143N11O42/c1-44-70(113)74(117)76(119)88(135-44)143-78-51(95-82(121)53-37-64(109)101-90(127)97-53)33-48(55(106)15-9-21-129-23-19-92)35-57(78)139-86-68(80(72(115)61(40-103)141-86)137-59(84(123)124)31-46-11-5-3-6-12-46)99-63(108)18-17-50(105)42-133-29-27-131-25-26-132-28-30-134-43-67(112)94-39-66(111)100-69-81(138-60(85(125)126)32-47-13-7-4-8-14-47)73(116)62(41-104)142-87(69)140-58-36-49(56(107)16-10-22-130-24-20-93)34-52(96-83(122)54-38-65(110)102-91(128)98-54)79(58)144-89-77(120)75(118)71(114)45(2)136-89/h37-38,44-49,51-52,57-62,68-81,86-89,103-104,113-120H,3-36,39-43,92-93H2,1-2H3,(H,94,112)(H,95,121)(H,96,122)(H,99,108)(H,100,111)(H,123,124)(H,125,126)(H2,97,101,109,127)(H2,98,102,110,128)/t44?,45?,48?,49?,51?,52?,57-,58-,59+,60+,61+,62+,68?,69?,70-,71-,72+,73+,74+,75+,76?,77?,78-,79-,80?,81?,86-,87-,88+,89+/m1/s1. The first-order chi connectivity index (χ1) is 69.0. The van der Waals surface area contributed by atoms with Crippen LogP contribution in [0.2, 0.25) is 0 Å². The van der Waals surface area contributed by atoms with Gasteiger partial charge >= 0.3 is 23.3 Å². The number of carboxylic acid groups (broad SMARTS) is 2. The highest BCUT2D eigenvalue weighted by Crippen LogP contribution is 2.42. The molecule has 0 bridgehead atoms. The summed E-state index contributed by atoms with van der Waals surface area (Å²) in [6, 6.07) is -4.91. The Morgan fingerprint density at radius 2 is 0.812 bits per heavy atom. The van der Waals surface area contributed by atoms with Crippen molar-refractivity contribution < 1.29 is 185 Å². The monoisotopic (exact) mass is 2060 g/mol. The summed E-state index contributed by atoms with van der Waals surface area (Å²) in [6.07, 6.45) is -36.4. The van der Waals surface area contributed by atoms with Crippen molar-refractivity contribution in [3.05, 3.63) is 65.2 Å². The van der Waals surface area contributed by atoms with E-state index in [0.29, 0.717) is 25.7 Å². The van der Waals surface area contributed by atoms with Crippen LogP contribution in [0.4, 0.5) is 0 Å². The summed E-state index contributed by atoms with van der Waals surface area (Å²) in [4.78, 5) is 197. The number of ether oxygens (including phenoxy) is 16. The summed E-state index contributed by atoms with van der Waals surface area (Å²) in [6.45, 7) is -0.817. The van der Waals surface area contributed by atoms with Crippen LogP contribution in [0, 0.1) is 23.7 Å². The van der Waals surface area contributed by atoms with Crippen LogP contribution in [0.5, 0.6) is 0 Å². The van der Waals surface area contributed by atoms with E-state index in [-0.39, 0.29) is 155 Å². The van der Waals surface area contributed by atoms with E-state index in [1.165, 1.54) is 13.8 Å². The van der Waals surface area contributed by atoms with Crippen molar-refractivity contribution >= 4 is 58.8 Å². The van der Waals surface area contributed by atoms with Crippen LogP contribution in [0.1, 0.15) is 176 Å². The molecule has 10 rings (SSSR count). The third kappa shape index (κ3) is 35.1. The largest absolute Gasteiger partial charge is 0.479 e. The van der Waals surface area contributed by atoms with Gasteiger partial charge in [-0.15, -0.1) is 0 Å². The number of aliphatic hydroxyl groups is 10. The molecule has 2 aromatic heterocycles. The quantitative estimate of drug-likeness (QED) is 0.0274. The first kappa shape index (κ1) is 117. The average Bonchev–Trinajstić information content (AvgIpc) is 0.770. The Morgan fingerprint density at radius 1 is 0.417 bits per heavy atom. The first-order valence-corrected chi connectivity index (χ1v) is 49.2. The topological polar surface area (TPSA) is 805 Å². The molecular formula is C91H143N11O42. The van der Waals surface area contributed by atoms with Crippen LogP contribution < -0.4 is 60.5 Å². The van der Waals surface area contributed by atoms with Crippen molar-refractivity contribution in [3.8, 4) is 0 Å². The number of carbonyl (C=O) groups is 10. The summed E-state index contributed by atoms with van der Waals surface area (Å²) in [5.74, 6) is -11.8. The van der Waals surface area contributed by atoms with Gasteiger partial charge in [-0.25, -0.2) is 19.2 Å². The second kappa shape index (κ2) is 59.1. The summed E-state index contributed by atoms with van der Waals surface area (Å²) in [5, 5.41) is 146. The maximum atomic E-state index is 14.4. The first-order valence-electron chi connectivity index (χ1n) is 49.2. The number of amides is 5. The van der Waals surface area contributed by atoms with E-state index in [4.69, 9.17) is 87.3 Å². The molecule has 4 aliphatic heterocycles. The number of rotatable bonds is 58.